The zero-order valence-electron chi connectivity index (χ0n) is 14.9. The molecule has 1 fully saturated rings. The number of esters is 2. The summed E-state index contributed by atoms with van der Waals surface area (Å²) in [6.07, 6.45) is -0.612. The molecule has 1 aliphatic heterocycles. The highest BCUT2D eigenvalue weighted by Gasteiger charge is 2.60. The van der Waals surface area contributed by atoms with Gasteiger partial charge in [-0.05, 0) is 24.3 Å². The van der Waals surface area contributed by atoms with Crippen LogP contribution < -0.4 is 0 Å². The van der Waals surface area contributed by atoms with Crippen LogP contribution in [0.2, 0.25) is 0 Å². The Morgan fingerprint density at radius 1 is 0.759 bits per heavy atom. The van der Waals surface area contributed by atoms with Gasteiger partial charge in [0.05, 0.1) is 11.1 Å². The van der Waals surface area contributed by atoms with Crippen molar-refractivity contribution < 1.29 is 38.6 Å². The van der Waals surface area contributed by atoms with Gasteiger partial charge in [-0.1, -0.05) is 36.4 Å². The van der Waals surface area contributed by atoms with Crippen LogP contribution in [0.1, 0.15) is 33.6 Å². The molecule has 0 bridgehead atoms. The highest BCUT2D eigenvalue weighted by molar-refractivity contribution is 6.07. The van der Waals surface area contributed by atoms with Crippen molar-refractivity contribution in [2.24, 2.45) is 0 Å². The molecular formula is C20H15NO8. The Morgan fingerprint density at radius 2 is 1.14 bits per heavy atom. The van der Waals surface area contributed by atoms with Crippen molar-refractivity contribution in [2.75, 3.05) is 0 Å². The number of likely N-dealkylation sites (tertiary alicyclic amines) is 1. The Labute approximate surface area is 164 Å². The second-order valence-corrected chi connectivity index (χ2v) is 6.02. The van der Waals surface area contributed by atoms with Crippen molar-refractivity contribution >= 4 is 29.7 Å². The van der Waals surface area contributed by atoms with Crippen LogP contribution >= 0.6 is 0 Å². The molecule has 2 aromatic rings. The van der Waals surface area contributed by atoms with Gasteiger partial charge >= 0.3 is 23.8 Å². The van der Waals surface area contributed by atoms with Crippen LogP contribution in [0.25, 0.3) is 0 Å². The molecule has 1 aliphatic rings. The molecule has 3 rings (SSSR count). The van der Waals surface area contributed by atoms with E-state index in [-0.39, 0.29) is 28.9 Å². The quantitative estimate of drug-likeness (QED) is 0.442. The van der Waals surface area contributed by atoms with Gasteiger partial charge < -0.3 is 14.6 Å². The van der Waals surface area contributed by atoms with E-state index in [9.17, 15) is 29.1 Å². The van der Waals surface area contributed by atoms with Crippen molar-refractivity contribution in [1.82, 2.24) is 4.90 Å². The highest BCUT2D eigenvalue weighted by atomic mass is 16.8. The van der Waals surface area contributed by atoms with Gasteiger partial charge in [-0.15, -0.1) is 0 Å². The van der Waals surface area contributed by atoms with E-state index in [4.69, 9.17) is 9.47 Å². The third-order valence-electron chi connectivity index (χ3n) is 4.10. The van der Waals surface area contributed by atoms with Crippen molar-refractivity contribution in [1.29, 1.82) is 0 Å². The first-order valence-electron chi connectivity index (χ1n) is 8.51. The molecule has 2 aromatic carbocycles. The summed E-state index contributed by atoms with van der Waals surface area (Å²) >= 11 is 0. The number of hydrogen-bond donors (Lipinski definition) is 1. The Morgan fingerprint density at radius 3 is 1.48 bits per heavy atom. The highest BCUT2D eigenvalue weighted by Crippen LogP contribution is 2.29. The van der Waals surface area contributed by atoms with Gasteiger partial charge in [-0.3, -0.25) is 9.59 Å². The van der Waals surface area contributed by atoms with E-state index < -0.39 is 35.6 Å². The number of carboxylic acid groups (broad SMARTS) is 1. The molecule has 9 nitrogen and oxygen atoms in total. The molecule has 0 radical (unpaired) electrons. The number of ether oxygens (including phenoxy) is 2. The summed E-state index contributed by atoms with van der Waals surface area (Å²) < 4.78 is 10.0. The van der Waals surface area contributed by atoms with E-state index >= 15 is 0 Å². The first-order valence-corrected chi connectivity index (χ1v) is 8.51. The third-order valence-corrected chi connectivity index (χ3v) is 4.10. The first-order chi connectivity index (χ1) is 13.8. The van der Waals surface area contributed by atoms with Gasteiger partial charge in [0, 0.05) is 12.8 Å². The number of benzene rings is 2. The molecule has 1 N–H and O–H groups in total. The minimum absolute atomic E-state index is 0.0621. The lowest BCUT2D eigenvalue weighted by Crippen LogP contribution is -2.62. The van der Waals surface area contributed by atoms with Crippen LogP contribution in [-0.4, -0.2) is 45.6 Å². The number of imide groups is 1. The van der Waals surface area contributed by atoms with Gasteiger partial charge in [-0.2, -0.15) is 4.90 Å². The SMILES string of the molecule is O=C(OC(OC(=O)c1ccccc1)(C(=O)O)N1C(=O)CCC1=O)c1ccccc1. The van der Waals surface area contributed by atoms with E-state index in [1.807, 2.05) is 0 Å². The minimum atomic E-state index is -3.27. The van der Waals surface area contributed by atoms with Gasteiger partial charge in [-0.25, -0.2) is 14.4 Å². The summed E-state index contributed by atoms with van der Waals surface area (Å²) in [7, 11) is 0. The van der Waals surface area contributed by atoms with Gasteiger partial charge in [0.25, 0.3) is 0 Å². The summed E-state index contributed by atoms with van der Waals surface area (Å²) in [6.45, 7) is 0. The Hall–Kier alpha value is -4.01. The van der Waals surface area contributed by atoms with Crippen molar-refractivity contribution in [3.63, 3.8) is 0 Å². The van der Waals surface area contributed by atoms with Gasteiger partial charge in [0.15, 0.2) is 0 Å². The summed E-state index contributed by atoms with van der Waals surface area (Å²) in [5.74, 6) is -9.56. The lowest BCUT2D eigenvalue weighted by atomic mass is 10.2. The van der Waals surface area contributed by atoms with E-state index in [1.54, 1.807) is 12.1 Å². The van der Waals surface area contributed by atoms with Crippen molar-refractivity contribution in [2.45, 2.75) is 18.8 Å². The van der Waals surface area contributed by atoms with E-state index in [0.717, 1.165) is 0 Å². The molecule has 1 heterocycles. The Bertz CT molecular complexity index is 901. The second kappa shape index (κ2) is 7.93. The summed E-state index contributed by atoms with van der Waals surface area (Å²) in [4.78, 5) is 61.8. The molecule has 1 saturated heterocycles. The Kier molecular flexibility index (Phi) is 5.40. The number of rotatable bonds is 6. The molecular weight excluding hydrogens is 382 g/mol. The average molecular weight is 397 g/mol. The van der Waals surface area contributed by atoms with E-state index in [2.05, 4.69) is 0 Å². The van der Waals surface area contributed by atoms with Crippen molar-refractivity contribution in [3.05, 3.63) is 71.8 Å². The molecule has 0 aromatic heterocycles. The van der Waals surface area contributed by atoms with Gasteiger partial charge in [0.1, 0.15) is 0 Å². The molecule has 0 unspecified atom stereocenters. The van der Waals surface area contributed by atoms with Crippen LogP contribution in [-0.2, 0) is 23.9 Å². The molecule has 0 aliphatic carbocycles. The number of carbonyl (C=O) groups is 5. The maximum Gasteiger partial charge on any atom is 0.456 e. The van der Waals surface area contributed by atoms with Crippen LogP contribution in [0.4, 0.5) is 0 Å². The molecule has 29 heavy (non-hydrogen) atoms. The zero-order valence-corrected chi connectivity index (χ0v) is 14.9. The minimum Gasteiger partial charge on any atom is -0.474 e. The normalized spacial score (nSPS) is 13.9. The van der Waals surface area contributed by atoms with E-state index in [0.29, 0.717) is 0 Å². The molecule has 0 atom stereocenters. The first kappa shape index (κ1) is 19.7. The summed E-state index contributed by atoms with van der Waals surface area (Å²) in [5, 5.41) is 9.81. The third kappa shape index (κ3) is 3.84. The number of carboxylic acids is 1. The van der Waals surface area contributed by atoms with Crippen LogP contribution in [0.5, 0.6) is 0 Å². The lowest BCUT2D eigenvalue weighted by Gasteiger charge is -2.34. The predicted molar refractivity (Wildman–Crippen MR) is 95.2 cm³/mol. The summed E-state index contributed by atoms with van der Waals surface area (Å²) in [6, 6.07) is 14.6. The smallest absolute Gasteiger partial charge is 0.456 e. The number of carbonyl (C=O) groups excluding carboxylic acids is 4. The fourth-order valence-electron chi connectivity index (χ4n) is 2.72. The van der Waals surface area contributed by atoms with Crippen molar-refractivity contribution in [3.8, 4) is 0 Å². The molecule has 2 amide bonds. The predicted octanol–water partition coefficient (Wildman–Crippen LogP) is 1.59. The number of amides is 2. The largest absolute Gasteiger partial charge is 0.474 e. The standard InChI is InChI=1S/C20H15NO8/c22-15-11-12-16(23)21(15)20(19(26)27,28-17(24)13-7-3-1-4-8-13)29-18(25)14-9-5-2-6-10-14/h1-10H,11-12H2,(H,26,27). The number of hydrogen-bond acceptors (Lipinski definition) is 7. The molecule has 0 spiro atoms. The van der Waals surface area contributed by atoms with Crippen LogP contribution in [0.15, 0.2) is 60.7 Å². The maximum absolute atomic E-state index is 12.5. The van der Waals surface area contributed by atoms with Crippen LogP contribution in [0, 0.1) is 0 Å². The average Bonchev–Trinajstić information content (AvgIpc) is 3.07. The number of nitrogens with zero attached hydrogens (tertiary/aromatic N) is 1. The van der Waals surface area contributed by atoms with E-state index in [1.165, 1.54) is 48.5 Å². The van der Waals surface area contributed by atoms with Gasteiger partial charge in [0.2, 0.25) is 11.8 Å². The molecule has 0 saturated carbocycles. The second-order valence-electron chi connectivity index (χ2n) is 6.02. The lowest BCUT2D eigenvalue weighted by molar-refractivity contribution is -0.250. The maximum atomic E-state index is 12.5. The number of aliphatic carboxylic acids is 1. The van der Waals surface area contributed by atoms with Crippen LogP contribution in [0.3, 0.4) is 0 Å². The Balaban J connectivity index is 2.04. The topological polar surface area (TPSA) is 127 Å². The summed E-state index contributed by atoms with van der Waals surface area (Å²) in [5.41, 5.74) is -0.124. The molecule has 148 valence electrons. The molecule has 9 heteroatoms. The fourth-order valence-corrected chi connectivity index (χ4v) is 2.72. The fraction of sp³-hybridized carbons (Fsp3) is 0.150. The monoisotopic (exact) mass is 397 g/mol. The zero-order chi connectivity index (χ0) is 21.0.